The summed E-state index contributed by atoms with van der Waals surface area (Å²) in [6.07, 6.45) is 0. The van der Waals surface area contributed by atoms with Crippen LogP contribution in [0.15, 0.2) is 18.2 Å². The summed E-state index contributed by atoms with van der Waals surface area (Å²) in [5.41, 5.74) is 0.714. The minimum absolute atomic E-state index is 0.352. The van der Waals surface area contributed by atoms with Crippen molar-refractivity contribution in [3.63, 3.8) is 0 Å². The Balaban J connectivity index is 2.18. The number of hydrogen-bond acceptors (Lipinski definition) is 4. The lowest BCUT2D eigenvalue weighted by Gasteiger charge is -2.03. The van der Waals surface area contributed by atoms with Crippen molar-refractivity contribution in [3.8, 4) is 10.6 Å². The van der Waals surface area contributed by atoms with Gasteiger partial charge in [-0.3, -0.25) is 0 Å². The van der Waals surface area contributed by atoms with E-state index in [0.717, 1.165) is 5.01 Å². The zero-order chi connectivity index (χ0) is 13.1. The summed E-state index contributed by atoms with van der Waals surface area (Å²) >= 11 is 7.44. The maximum atomic E-state index is 13.0. The van der Waals surface area contributed by atoms with Crippen LogP contribution >= 0.6 is 22.9 Å². The van der Waals surface area contributed by atoms with Crippen molar-refractivity contribution in [1.29, 1.82) is 0 Å². The monoisotopic (exact) mass is 285 g/mol. The Morgan fingerprint density at radius 1 is 1.39 bits per heavy atom. The SMILES string of the molecule is CC(C)NCc1nnc(-c2ccc(F)cc2Cl)s1. The van der Waals surface area contributed by atoms with Gasteiger partial charge in [0.1, 0.15) is 15.8 Å². The average molecular weight is 286 g/mol. The van der Waals surface area contributed by atoms with Crippen LogP contribution in [0.2, 0.25) is 5.02 Å². The zero-order valence-corrected chi connectivity index (χ0v) is 11.6. The summed E-state index contributed by atoms with van der Waals surface area (Å²) in [5, 5.41) is 13.4. The van der Waals surface area contributed by atoms with Gasteiger partial charge < -0.3 is 5.32 Å². The zero-order valence-electron chi connectivity index (χ0n) is 10.1. The molecule has 2 aromatic rings. The highest BCUT2D eigenvalue weighted by Crippen LogP contribution is 2.30. The summed E-state index contributed by atoms with van der Waals surface area (Å²) < 4.78 is 13.0. The Morgan fingerprint density at radius 3 is 2.83 bits per heavy atom. The van der Waals surface area contributed by atoms with Crippen LogP contribution in [-0.2, 0) is 6.54 Å². The normalized spacial score (nSPS) is 11.2. The average Bonchev–Trinajstić information content (AvgIpc) is 2.75. The summed E-state index contributed by atoms with van der Waals surface area (Å²) in [7, 11) is 0. The van der Waals surface area contributed by atoms with Crippen molar-refractivity contribution in [1.82, 2.24) is 15.5 Å². The number of nitrogens with zero attached hydrogens (tertiary/aromatic N) is 2. The Labute approximate surface area is 114 Å². The van der Waals surface area contributed by atoms with Crippen LogP contribution in [-0.4, -0.2) is 16.2 Å². The van der Waals surface area contributed by atoms with Crippen LogP contribution < -0.4 is 5.32 Å². The van der Waals surface area contributed by atoms with E-state index < -0.39 is 0 Å². The third-order valence-electron chi connectivity index (χ3n) is 2.29. The number of aromatic nitrogens is 2. The topological polar surface area (TPSA) is 37.8 Å². The molecule has 1 heterocycles. The van der Waals surface area contributed by atoms with Gasteiger partial charge >= 0.3 is 0 Å². The first-order valence-electron chi connectivity index (χ1n) is 5.57. The van der Waals surface area contributed by atoms with E-state index in [-0.39, 0.29) is 5.82 Å². The van der Waals surface area contributed by atoms with Crippen molar-refractivity contribution in [2.24, 2.45) is 0 Å². The fourth-order valence-electron chi connectivity index (χ4n) is 1.39. The second kappa shape index (κ2) is 5.73. The second-order valence-corrected chi connectivity index (χ2v) is 5.63. The van der Waals surface area contributed by atoms with Crippen LogP contribution in [0.4, 0.5) is 4.39 Å². The van der Waals surface area contributed by atoms with Gasteiger partial charge in [-0.2, -0.15) is 0 Å². The molecule has 0 saturated carbocycles. The molecular formula is C12H13ClFN3S. The second-order valence-electron chi connectivity index (χ2n) is 4.16. The van der Waals surface area contributed by atoms with E-state index in [2.05, 4.69) is 29.4 Å². The van der Waals surface area contributed by atoms with E-state index in [1.165, 1.54) is 23.5 Å². The fraction of sp³-hybridized carbons (Fsp3) is 0.333. The van der Waals surface area contributed by atoms with Crippen molar-refractivity contribution >= 4 is 22.9 Å². The van der Waals surface area contributed by atoms with Gasteiger partial charge in [-0.05, 0) is 18.2 Å². The molecule has 0 saturated heterocycles. The smallest absolute Gasteiger partial charge is 0.149 e. The molecule has 0 unspecified atom stereocenters. The highest BCUT2D eigenvalue weighted by Gasteiger charge is 2.11. The molecule has 0 aliphatic heterocycles. The van der Waals surface area contributed by atoms with Crippen molar-refractivity contribution < 1.29 is 4.39 Å². The van der Waals surface area contributed by atoms with Crippen LogP contribution in [0.5, 0.6) is 0 Å². The molecule has 0 spiro atoms. The Kier molecular flexibility index (Phi) is 4.27. The summed E-state index contributed by atoms with van der Waals surface area (Å²) in [4.78, 5) is 0. The van der Waals surface area contributed by atoms with Crippen molar-refractivity contribution in [2.75, 3.05) is 0 Å². The number of hydrogen-bond donors (Lipinski definition) is 1. The lowest BCUT2D eigenvalue weighted by molar-refractivity contribution is 0.585. The van der Waals surface area contributed by atoms with E-state index in [4.69, 9.17) is 11.6 Å². The minimum atomic E-state index is -0.352. The molecule has 0 fully saturated rings. The summed E-state index contributed by atoms with van der Waals surface area (Å²) in [6.45, 7) is 4.81. The van der Waals surface area contributed by atoms with Gasteiger partial charge in [-0.15, -0.1) is 10.2 Å². The van der Waals surface area contributed by atoms with Crippen LogP contribution in [0.3, 0.4) is 0 Å². The highest BCUT2D eigenvalue weighted by atomic mass is 35.5. The molecule has 0 radical (unpaired) electrons. The van der Waals surface area contributed by atoms with E-state index in [0.29, 0.717) is 28.2 Å². The first kappa shape index (κ1) is 13.4. The van der Waals surface area contributed by atoms with E-state index >= 15 is 0 Å². The number of rotatable bonds is 4. The van der Waals surface area contributed by atoms with Gasteiger partial charge in [0, 0.05) is 18.2 Å². The molecular weight excluding hydrogens is 273 g/mol. The van der Waals surface area contributed by atoms with E-state index in [9.17, 15) is 4.39 Å². The number of benzene rings is 1. The van der Waals surface area contributed by atoms with Gasteiger partial charge in [-0.1, -0.05) is 36.8 Å². The van der Waals surface area contributed by atoms with Crippen molar-refractivity contribution in [3.05, 3.63) is 34.0 Å². The molecule has 3 nitrogen and oxygen atoms in total. The molecule has 1 N–H and O–H groups in total. The molecule has 1 aromatic heterocycles. The summed E-state index contributed by atoms with van der Waals surface area (Å²) in [5.74, 6) is -0.352. The lowest BCUT2D eigenvalue weighted by atomic mass is 10.2. The van der Waals surface area contributed by atoms with Gasteiger partial charge in [0.15, 0.2) is 0 Å². The third kappa shape index (κ3) is 3.25. The molecule has 18 heavy (non-hydrogen) atoms. The largest absolute Gasteiger partial charge is 0.308 e. The van der Waals surface area contributed by atoms with Gasteiger partial charge in [0.25, 0.3) is 0 Å². The molecule has 0 bridgehead atoms. The quantitative estimate of drug-likeness (QED) is 0.934. The molecule has 0 atom stereocenters. The van der Waals surface area contributed by atoms with E-state index in [1.54, 1.807) is 6.07 Å². The molecule has 2 rings (SSSR count). The standard InChI is InChI=1S/C12H13ClFN3S/c1-7(2)15-6-11-16-17-12(18-11)9-4-3-8(14)5-10(9)13/h3-5,7,15H,6H2,1-2H3. The van der Waals surface area contributed by atoms with Crippen LogP contribution in [0, 0.1) is 5.82 Å². The van der Waals surface area contributed by atoms with Crippen LogP contribution in [0.25, 0.3) is 10.6 Å². The Morgan fingerprint density at radius 2 is 2.17 bits per heavy atom. The predicted molar refractivity (Wildman–Crippen MR) is 72.3 cm³/mol. The highest BCUT2D eigenvalue weighted by molar-refractivity contribution is 7.14. The molecule has 0 amide bonds. The molecule has 1 aromatic carbocycles. The van der Waals surface area contributed by atoms with Gasteiger partial charge in [0.05, 0.1) is 5.02 Å². The van der Waals surface area contributed by atoms with Crippen LogP contribution in [0.1, 0.15) is 18.9 Å². The molecule has 0 aliphatic rings. The minimum Gasteiger partial charge on any atom is -0.308 e. The third-order valence-corrected chi connectivity index (χ3v) is 3.56. The number of nitrogens with one attached hydrogen (secondary N) is 1. The number of halogens is 2. The first-order chi connectivity index (χ1) is 8.56. The molecule has 96 valence electrons. The molecule has 6 heteroatoms. The first-order valence-corrected chi connectivity index (χ1v) is 6.77. The van der Waals surface area contributed by atoms with E-state index in [1.807, 2.05) is 0 Å². The summed E-state index contributed by atoms with van der Waals surface area (Å²) in [6, 6.07) is 4.67. The lowest BCUT2D eigenvalue weighted by Crippen LogP contribution is -2.21. The maximum Gasteiger partial charge on any atom is 0.149 e. The van der Waals surface area contributed by atoms with Gasteiger partial charge in [0.2, 0.25) is 0 Å². The Bertz CT molecular complexity index is 542. The Hall–Kier alpha value is -1.04. The maximum absolute atomic E-state index is 13.0. The fourth-order valence-corrected chi connectivity index (χ4v) is 2.53. The van der Waals surface area contributed by atoms with Gasteiger partial charge in [-0.25, -0.2) is 4.39 Å². The predicted octanol–water partition coefficient (Wildman–Crippen LogP) is 3.50. The van der Waals surface area contributed by atoms with Crippen molar-refractivity contribution in [2.45, 2.75) is 26.4 Å². The molecule has 0 aliphatic carbocycles.